The van der Waals surface area contributed by atoms with Crippen molar-refractivity contribution in [1.82, 2.24) is 10.1 Å². The fraction of sp³-hybridized carbons (Fsp3) is 0.0909. The second-order valence-electron chi connectivity index (χ2n) is 3.59. The van der Waals surface area contributed by atoms with E-state index < -0.39 is 11.9 Å². The normalized spacial score (nSPS) is 10.2. The van der Waals surface area contributed by atoms with Gasteiger partial charge in [-0.3, -0.25) is 4.79 Å². The predicted molar refractivity (Wildman–Crippen MR) is 65.4 cm³/mol. The van der Waals surface area contributed by atoms with Gasteiger partial charge >= 0.3 is 5.97 Å². The van der Waals surface area contributed by atoms with E-state index in [9.17, 15) is 9.59 Å². The third-order valence-corrected chi connectivity index (χ3v) is 2.52. The number of nitrogens with one attached hydrogen (secondary N) is 1. The van der Waals surface area contributed by atoms with E-state index in [0.717, 1.165) is 0 Å². The van der Waals surface area contributed by atoms with Gasteiger partial charge in [0.2, 0.25) is 5.89 Å². The molecule has 19 heavy (non-hydrogen) atoms. The van der Waals surface area contributed by atoms with Crippen molar-refractivity contribution < 1.29 is 19.2 Å². The summed E-state index contributed by atoms with van der Waals surface area (Å²) in [6.07, 6.45) is 0. The molecule has 1 aromatic heterocycles. The number of amides is 1. The number of nitrogens with zero attached hydrogens (tertiary/aromatic N) is 2. The summed E-state index contributed by atoms with van der Waals surface area (Å²) in [6.45, 7) is 1.54. The van der Waals surface area contributed by atoms with Crippen molar-refractivity contribution in [3.8, 4) is 0 Å². The topological polar surface area (TPSA) is 105 Å². The fourth-order valence-corrected chi connectivity index (χ4v) is 1.49. The molecule has 98 valence electrons. The third kappa shape index (κ3) is 2.89. The van der Waals surface area contributed by atoms with Crippen molar-refractivity contribution in [3.05, 3.63) is 40.5 Å². The number of anilines is 1. The number of carbonyl (C=O) groups excluding carboxylic acids is 1. The number of hydrogen-bond donors (Lipinski definition) is 2. The first kappa shape index (κ1) is 13.0. The first-order valence-electron chi connectivity index (χ1n) is 5.12. The highest BCUT2D eigenvalue weighted by Crippen LogP contribution is 2.23. The Bertz CT molecular complexity index is 653. The molecule has 2 aromatic rings. The number of carboxylic acids is 1. The molecular formula is C11H8ClN3O4. The highest BCUT2D eigenvalue weighted by molar-refractivity contribution is 6.34. The van der Waals surface area contributed by atoms with Gasteiger partial charge in [0.05, 0.1) is 16.3 Å². The van der Waals surface area contributed by atoms with Gasteiger partial charge in [-0.25, -0.2) is 4.79 Å². The van der Waals surface area contributed by atoms with Gasteiger partial charge in [-0.05, 0) is 18.2 Å². The van der Waals surface area contributed by atoms with Crippen molar-refractivity contribution in [3.63, 3.8) is 0 Å². The Balaban J connectivity index is 2.25. The molecule has 0 aliphatic rings. The van der Waals surface area contributed by atoms with Gasteiger partial charge in [0.15, 0.2) is 0 Å². The summed E-state index contributed by atoms with van der Waals surface area (Å²) in [6, 6.07) is 3.95. The van der Waals surface area contributed by atoms with E-state index in [1.807, 2.05) is 0 Å². The minimum Gasteiger partial charge on any atom is -0.478 e. The molecule has 0 aliphatic heterocycles. The van der Waals surface area contributed by atoms with Crippen molar-refractivity contribution in [1.29, 1.82) is 0 Å². The Hall–Kier alpha value is -2.41. The summed E-state index contributed by atoms with van der Waals surface area (Å²) in [5.74, 6) is -1.67. The van der Waals surface area contributed by atoms with E-state index in [0.29, 0.717) is 0 Å². The average Bonchev–Trinajstić information content (AvgIpc) is 2.78. The van der Waals surface area contributed by atoms with E-state index in [4.69, 9.17) is 16.7 Å². The van der Waals surface area contributed by atoms with E-state index in [1.54, 1.807) is 6.92 Å². The van der Waals surface area contributed by atoms with Crippen LogP contribution in [0.4, 0.5) is 5.69 Å². The Morgan fingerprint density at radius 2 is 2.16 bits per heavy atom. The molecule has 8 heteroatoms. The molecule has 0 aliphatic carbocycles. The summed E-state index contributed by atoms with van der Waals surface area (Å²) in [5.41, 5.74) is 0.165. The number of halogens is 1. The lowest BCUT2D eigenvalue weighted by Gasteiger charge is -2.05. The van der Waals surface area contributed by atoms with Crippen LogP contribution in [0, 0.1) is 6.92 Å². The highest BCUT2D eigenvalue weighted by Gasteiger charge is 2.15. The van der Waals surface area contributed by atoms with Gasteiger partial charge in [-0.15, -0.1) is 0 Å². The molecule has 0 fully saturated rings. The van der Waals surface area contributed by atoms with E-state index >= 15 is 0 Å². The maximum atomic E-state index is 11.8. The summed E-state index contributed by atoms with van der Waals surface area (Å²) in [7, 11) is 0. The van der Waals surface area contributed by atoms with Gasteiger partial charge in [-0.2, -0.15) is 4.98 Å². The molecule has 7 nitrogen and oxygen atoms in total. The van der Waals surface area contributed by atoms with Crippen LogP contribution in [0.3, 0.4) is 0 Å². The molecule has 0 bridgehead atoms. The monoisotopic (exact) mass is 281 g/mol. The van der Waals surface area contributed by atoms with Crippen molar-refractivity contribution >= 4 is 29.2 Å². The number of carbonyl (C=O) groups is 2. The smallest absolute Gasteiger partial charge is 0.335 e. The fourth-order valence-electron chi connectivity index (χ4n) is 1.32. The average molecular weight is 282 g/mol. The zero-order valence-corrected chi connectivity index (χ0v) is 10.4. The Labute approximate surface area is 112 Å². The van der Waals surface area contributed by atoms with E-state index in [2.05, 4.69) is 20.0 Å². The Morgan fingerprint density at radius 3 is 2.74 bits per heavy atom. The molecule has 2 rings (SSSR count). The Kier molecular flexibility index (Phi) is 3.48. The Morgan fingerprint density at radius 1 is 1.42 bits per heavy atom. The van der Waals surface area contributed by atoms with Crippen LogP contribution in [0.1, 0.15) is 26.9 Å². The highest BCUT2D eigenvalue weighted by atomic mass is 35.5. The second-order valence-corrected chi connectivity index (χ2v) is 4.00. The molecule has 2 N–H and O–H groups in total. The van der Waals surface area contributed by atoms with Crippen LogP contribution in [0.5, 0.6) is 0 Å². The molecule has 0 radical (unpaired) electrons. The number of hydrogen-bond acceptors (Lipinski definition) is 5. The summed E-state index contributed by atoms with van der Waals surface area (Å²) >= 11 is 5.87. The second kappa shape index (κ2) is 5.07. The van der Waals surface area contributed by atoms with Crippen molar-refractivity contribution in [2.24, 2.45) is 0 Å². The number of benzene rings is 1. The minimum absolute atomic E-state index is 0.00370. The molecular weight excluding hydrogens is 274 g/mol. The maximum absolute atomic E-state index is 11.8. The quantitative estimate of drug-likeness (QED) is 0.891. The molecule has 1 heterocycles. The lowest BCUT2D eigenvalue weighted by molar-refractivity contribution is 0.0696. The van der Waals surface area contributed by atoms with Crippen molar-refractivity contribution in [2.45, 2.75) is 6.92 Å². The standard InChI is InChI=1S/C11H8ClN3O4/c1-5-13-9(15-19-5)10(16)14-8-4-6(11(17)18)2-3-7(8)12/h2-4H,1H3,(H,14,16)(H,17,18). The number of aryl methyl sites for hydroxylation is 1. The summed E-state index contributed by atoms with van der Waals surface area (Å²) < 4.78 is 4.67. The van der Waals surface area contributed by atoms with Gasteiger partial charge < -0.3 is 14.9 Å². The summed E-state index contributed by atoms with van der Waals surface area (Å²) in [5, 5.41) is 14.9. The lowest BCUT2D eigenvalue weighted by atomic mass is 10.2. The molecule has 1 aromatic carbocycles. The zero-order valence-electron chi connectivity index (χ0n) is 9.68. The largest absolute Gasteiger partial charge is 0.478 e. The van der Waals surface area contributed by atoms with Crippen LogP contribution in [0.25, 0.3) is 0 Å². The molecule has 1 amide bonds. The van der Waals surface area contributed by atoms with Crippen LogP contribution < -0.4 is 5.32 Å². The predicted octanol–water partition coefficient (Wildman–Crippen LogP) is 1.98. The summed E-state index contributed by atoms with van der Waals surface area (Å²) in [4.78, 5) is 26.3. The lowest BCUT2D eigenvalue weighted by Crippen LogP contribution is -2.14. The maximum Gasteiger partial charge on any atom is 0.335 e. The van der Waals surface area contributed by atoms with Crippen LogP contribution in [0.2, 0.25) is 5.02 Å². The molecule has 0 atom stereocenters. The third-order valence-electron chi connectivity index (χ3n) is 2.19. The SMILES string of the molecule is Cc1nc(C(=O)Nc2cc(C(=O)O)ccc2Cl)no1. The molecule has 0 unspecified atom stereocenters. The van der Waals surface area contributed by atoms with Crippen LogP contribution in [0.15, 0.2) is 22.7 Å². The first-order valence-corrected chi connectivity index (χ1v) is 5.49. The van der Waals surface area contributed by atoms with E-state index in [1.165, 1.54) is 18.2 Å². The number of aromatic carboxylic acids is 1. The molecule has 0 saturated carbocycles. The number of aromatic nitrogens is 2. The molecule has 0 saturated heterocycles. The first-order chi connectivity index (χ1) is 8.97. The van der Waals surface area contributed by atoms with Gasteiger partial charge in [-0.1, -0.05) is 16.8 Å². The van der Waals surface area contributed by atoms with Gasteiger partial charge in [0, 0.05) is 6.92 Å². The van der Waals surface area contributed by atoms with Gasteiger partial charge in [0.25, 0.3) is 11.7 Å². The molecule has 0 spiro atoms. The van der Waals surface area contributed by atoms with Crippen LogP contribution >= 0.6 is 11.6 Å². The number of rotatable bonds is 3. The van der Waals surface area contributed by atoms with E-state index in [-0.39, 0.29) is 28.0 Å². The van der Waals surface area contributed by atoms with Gasteiger partial charge in [0.1, 0.15) is 0 Å². The number of carboxylic acid groups (broad SMARTS) is 1. The zero-order chi connectivity index (χ0) is 14.0. The van der Waals surface area contributed by atoms with Crippen LogP contribution in [-0.4, -0.2) is 27.1 Å². The van der Waals surface area contributed by atoms with Crippen LogP contribution in [-0.2, 0) is 0 Å². The van der Waals surface area contributed by atoms with Crippen molar-refractivity contribution in [2.75, 3.05) is 5.32 Å². The minimum atomic E-state index is -1.12.